The lowest BCUT2D eigenvalue weighted by molar-refractivity contribution is -0.117. The number of nitrogens with zero attached hydrogens (tertiary/aromatic N) is 2. The SMILES string of the molecule is O=C(CN1CCC(NCC2CC2)CC1)Nc1ccc(Br)cn1. The van der Waals surface area contributed by atoms with Crippen LogP contribution in [-0.4, -0.2) is 48.0 Å². The molecule has 1 amide bonds. The normalized spacial score (nSPS) is 20.0. The minimum absolute atomic E-state index is 0.0132. The molecule has 3 rings (SSSR count). The van der Waals surface area contributed by atoms with Crippen molar-refractivity contribution in [2.75, 3.05) is 31.5 Å². The second kappa shape index (κ2) is 7.53. The van der Waals surface area contributed by atoms with Gasteiger partial charge in [-0.15, -0.1) is 0 Å². The molecule has 1 aliphatic heterocycles. The van der Waals surface area contributed by atoms with Gasteiger partial charge in [-0.1, -0.05) is 0 Å². The molecule has 0 radical (unpaired) electrons. The summed E-state index contributed by atoms with van der Waals surface area (Å²) in [4.78, 5) is 18.4. The zero-order valence-electron chi connectivity index (χ0n) is 12.7. The smallest absolute Gasteiger partial charge is 0.239 e. The Balaban J connectivity index is 1.36. The Morgan fingerprint density at radius 3 is 2.68 bits per heavy atom. The third-order valence-electron chi connectivity index (χ3n) is 4.34. The molecule has 2 fully saturated rings. The summed E-state index contributed by atoms with van der Waals surface area (Å²) >= 11 is 3.33. The van der Waals surface area contributed by atoms with E-state index in [-0.39, 0.29) is 5.91 Å². The molecule has 0 unspecified atom stereocenters. The third-order valence-corrected chi connectivity index (χ3v) is 4.81. The molecule has 0 spiro atoms. The van der Waals surface area contributed by atoms with E-state index in [0.29, 0.717) is 18.4 Å². The molecule has 5 nitrogen and oxygen atoms in total. The fourth-order valence-electron chi connectivity index (χ4n) is 2.79. The third kappa shape index (κ3) is 5.04. The van der Waals surface area contributed by atoms with Crippen molar-refractivity contribution in [3.8, 4) is 0 Å². The first-order valence-corrected chi connectivity index (χ1v) is 8.85. The van der Waals surface area contributed by atoms with Crippen molar-refractivity contribution < 1.29 is 4.79 Å². The van der Waals surface area contributed by atoms with Gasteiger partial charge in [-0.25, -0.2) is 4.98 Å². The lowest BCUT2D eigenvalue weighted by Crippen LogP contribution is -2.45. The molecular formula is C16H23BrN4O. The molecule has 6 heteroatoms. The van der Waals surface area contributed by atoms with Gasteiger partial charge in [0.15, 0.2) is 0 Å². The number of anilines is 1. The first-order valence-electron chi connectivity index (χ1n) is 8.06. The predicted octanol–water partition coefficient (Wildman–Crippen LogP) is 2.25. The predicted molar refractivity (Wildman–Crippen MR) is 90.8 cm³/mol. The van der Waals surface area contributed by atoms with Gasteiger partial charge in [-0.3, -0.25) is 9.69 Å². The largest absolute Gasteiger partial charge is 0.314 e. The van der Waals surface area contributed by atoms with Crippen LogP contribution < -0.4 is 10.6 Å². The van der Waals surface area contributed by atoms with Crippen molar-refractivity contribution in [2.45, 2.75) is 31.7 Å². The van der Waals surface area contributed by atoms with E-state index in [4.69, 9.17) is 0 Å². The quantitative estimate of drug-likeness (QED) is 0.810. The Labute approximate surface area is 140 Å². The molecule has 2 heterocycles. The van der Waals surface area contributed by atoms with Crippen molar-refractivity contribution in [3.63, 3.8) is 0 Å². The highest BCUT2D eigenvalue weighted by molar-refractivity contribution is 9.10. The average molecular weight is 367 g/mol. The molecule has 1 aromatic heterocycles. The van der Waals surface area contributed by atoms with E-state index in [9.17, 15) is 4.79 Å². The molecule has 1 aliphatic carbocycles. The highest BCUT2D eigenvalue weighted by atomic mass is 79.9. The van der Waals surface area contributed by atoms with Crippen molar-refractivity contribution in [2.24, 2.45) is 5.92 Å². The van der Waals surface area contributed by atoms with E-state index >= 15 is 0 Å². The van der Waals surface area contributed by atoms with Gasteiger partial charge >= 0.3 is 0 Å². The second-order valence-electron chi connectivity index (χ2n) is 6.31. The van der Waals surface area contributed by atoms with Gasteiger partial charge in [0.25, 0.3) is 0 Å². The number of carbonyl (C=O) groups is 1. The number of hydrogen-bond acceptors (Lipinski definition) is 4. The van der Waals surface area contributed by atoms with Gasteiger partial charge in [0.05, 0.1) is 6.54 Å². The number of pyridine rings is 1. The van der Waals surface area contributed by atoms with Crippen LogP contribution in [0.5, 0.6) is 0 Å². The standard InChI is InChI=1S/C16H23BrN4O/c17-13-3-4-15(19-10-13)20-16(22)11-21-7-5-14(6-8-21)18-9-12-1-2-12/h3-4,10,12,14,18H,1-2,5-9,11H2,(H,19,20,22). The van der Waals surface area contributed by atoms with E-state index in [1.807, 2.05) is 6.07 Å². The molecule has 1 saturated heterocycles. The number of likely N-dealkylation sites (tertiary alicyclic amines) is 1. The molecule has 0 aromatic carbocycles. The van der Waals surface area contributed by atoms with Crippen LogP contribution in [-0.2, 0) is 4.79 Å². The van der Waals surface area contributed by atoms with E-state index in [2.05, 4.69) is 36.4 Å². The summed E-state index contributed by atoms with van der Waals surface area (Å²) in [6, 6.07) is 4.31. The second-order valence-corrected chi connectivity index (χ2v) is 7.23. The number of nitrogens with one attached hydrogen (secondary N) is 2. The Morgan fingerprint density at radius 1 is 1.27 bits per heavy atom. The Bertz CT molecular complexity index is 495. The average Bonchev–Trinajstić information content (AvgIpc) is 3.33. The maximum Gasteiger partial charge on any atom is 0.239 e. The van der Waals surface area contributed by atoms with Gasteiger partial charge in [0.2, 0.25) is 5.91 Å². The molecule has 0 bridgehead atoms. The fourth-order valence-corrected chi connectivity index (χ4v) is 3.02. The van der Waals surface area contributed by atoms with Crippen LogP contribution in [0.4, 0.5) is 5.82 Å². The fraction of sp³-hybridized carbons (Fsp3) is 0.625. The summed E-state index contributed by atoms with van der Waals surface area (Å²) in [5.74, 6) is 1.55. The van der Waals surface area contributed by atoms with E-state index in [1.165, 1.54) is 19.4 Å². The van der Waals surface area contributed by atoms with Crippen LogP contribution in [0.15, 0.2) is 22.8 Å². The minimum Gasteiger partial charge on any atom is -0.314 e. The summed E-state index contributed by atoms with van der Waals surface area (Å²) in [6.07, 6.45) is 6.76. The summed E-state index contributed by atoms with van der Waals surface area (Å²) in [5.41, 5.74) is 0. The van der Waals surface area contributed by atoms with Gasteiger partial charge in [-0.05, 0) is 66.2 Å². The highest BCUT2D eigenvalue weighted by Gasteiger charge is 2.24. The first-order chi connectivity index (χ1) is 10.7. The van der Waals surface area contributed by atoms with Gasteiger partial charge in [0.1, 0.15) is 5.82 Å². The van der Waals surface area contributed by atoms with Crippen molar-refractivity contribution in [3.05, 3.63) is 22.8 Å². The molecule has 2 aliphatic rings. The van der Waals surface area contributed by atoms with Crippen molar-refractivity contribution >= 4 is 27.7 Å². The van der Waals surface area contributed by atoms with E-state index in [0.717, 1.165) is 36.3 Å². The lowest BCUT2D eigenvalue weighted by atomic mass is 10.0. The summed E-state index contributed by atoms with van der Waals surface area (Å²) in [6.45, 7) is 3.61. The number of piperidine rings is 1. The van der Waals surface area contributed by atoms with Crippen LogP contribution >= 0.6 is 15.9 Å². The number of amides is 1. The Hall–Kier alpha value is -0.980. The van der Waals surface area contributed by atoms with Crippen LogP contribution in [0, 0.1) is 5.92 Å². The lowest BCUT2D eigenvalue weighted by Gasteiger charge is -2.32. The van der Waals surface area contributed by atoms with Crippen LogP contribution in [0.25, 0.3) is 0 Å². The maximum atomic E-state index is 12.1. The van der Waals surface area contributed by atoms with Crippen LogP contribution in [0.1, 0.15) is 25.7 Å². The van der Waals surface area contributed by atoms with Gasteiger partial charge in [-0.2, -0.15) is 0 Å². The molecular weight excluding hydrogens is 344 g/mol. The highest BCUT2D eigenvalue weighted by Crippen LogP contribution is 2.28. The number of hydrogen-bond donors (Lipinski definition) is 2. The molecule has 22 heavy (non-hydrogen) atoms. The summed E-state index contributed by atoms with van der Waals surface area (Å²) in [7, 11) is 0. The first kappa shape index (κ1) is 15.9. The topological polar surface area (TPSA) is 57.3 Å². The summed E-state index contributed by atoms with van der Waals surface area (Å²) < 4.78 is 0.909. The molecule has 1 saturated carbocycles. The van der Waals surface area contributed by atoms with Crippen LogP contribution in [0.3, 0.4) is 0 Å². The number of rotatable bonds is 6. The molecule has 120 valence electrons. The number of halogens is 1. The van der Waals surface area contributed by atoms with Crippen molar-refractivity contribution in [1.82, 2.24) is 15.2 Å². The van der Waals surface area contributed by atoms with Crippen molar-refractivity contribution in [1.29, 1.82) is 0 Å². The van der Waals surface area contributed by atoms with Gasteiger partial charge in [0, 0.05) is 29.8 Å². The zero-order chi connectivity index (χ0) is 15.4. The molecule has 1 aromatic rings. The zero-order valence-corrected chi connectivity index (χ0v) is 14.3. The molecule has 2 N–H and O–H groups in total. The van der Waals surface area contributed by atoms with E-state index < -0.39 is 0 Å². The monoisotopic (exact) mass is 366 g/mol. The Morgan fingerprint density at radius 2 is 2.05 bits per heavy atom. The maximum absolute atomic E-state index is 12.1. The Kier molecular flexibility index (Phi) is 5.44. The minimum atomic E-state index is 0.0132. The number of carbonyl (C=O) groups excluding carboxylic acids is 1. The van der Waals surface area contributed by atoms with E-state index in [1.54, 1.807) is 12.3 Å². The molecule has 0 atom stereocenters. The van der Waals surface area contributed by atoms with Gasteiger partial charge < -0.3 is 10.6 Å². The van der Waals surface area contributed by atoms with Crippen LogP contribution in [0.2, 0.25) is 0 Å². The summed E-state index contributed by atoms with van der Waals surface area (Å²) in [5, 5.41) is 6.51. The number of aromatic nitrogens is 1.